The minimum absolute atomic E-state index is 0.166. The first-order valence-electron chi connectivity index (χ1n) is 11.0. The summed E-state index contributed by atoms with van der Waals surface area (Å²) in [4.78, 5) is 40.2. The number of anilines is 1. The number of hydrogen-bond acceptors (Lipinski definition) is 6. The van der Waals surface area contributed by atoms with Gasteiger partial charge in [0.1, 0.15) is 10.8 Å². The van der Waals surface area contributed by atoms with Crippen molar-refractivity contribution in [3.05, 3.63) is 44.8 Å². The molecule has 0 saturated carbocycles. The fourth-order valence-electron chi connectivity index (χ4n) is 3.29. The molecular weight excluding hydrogens is 464 g/mol. The molecule has 0 spiro atoms. The number of thiophene rings is 1. The van der Waals surface area contributed by atoms with Crippen LogP contribution >= 0.6 is 22.9 Å². The molecule has 0 aliphatic heterocycles. The molecule has 9 heteroatoms. The molecule has 1 aromatic heterocycles. The normalized spacial score (nSPS) is 10.6. The van der Waals surface area contributed by atoms with E-state index in [0.29, 0.717) is 46.6 Å². The Labute approximate surface area is 204 Å². The van der Waals surface area contributed by atoms with Gasteiger partial charge >= 0.3 is 5.97 Å². The van der Waals surface area contributed by atoms with Crippen molar-refractivity contribution in [3.8, 4) is 5.75 Å². The minimum Gasteiger partial charge on any atom is -0.493 e. The maximum atomic E-state index is 12.9. The summed E-state index contributed by atoms with van der Waals surface area (Å²) in [6, 6.07) is 5.37. The molecule has 2 rings (SSSR count). The molecule has 0 radical (unpaired) electrons. The molecule has 1 aromatic carbocycles. The third kappa shape index (κ3) is 6.95. The highest BCUT2D eigenvalue weighted by Crippen LogP contribution is 2.35. The van der Waals surface area contributed by atoms with Gasteiger partial charge in [0.2, 0.25) is 5.91 Å². The summed E-state index contributed by atoms with van der Waals surface area (Å²) in [6.45, 7) is 10.8. The van der Waals surface area contributed by atoms with Crippen molar-refractivity contribution in [3.63, 3.8) is 0 Å². The van der Waals surface area contributed by atoms with Crippen LogP contribution in [0.4, 0.5) is 5.00 Å². The monoisotopic (exact) mass is 494 g/mol. The molecule has 0 atom stereocenters. The Balaban J connectivity index is 2.09. The standard InChI is InChI=1S/C24H31ClN2O5S/c1-6-27(7-2)23(29)21-16(5)20(24(30)31-8-3)22(33-21)26-19(28)10-9-13-32-18-12-11-17(25)14-15(18)4/h11-12,14H,6-10,13H2,1-5H3,(H,26,28). The van der Waals surface area contributed by atoms with Crippen molar-refractivity contribution in [1.82, 2.24) is 4.90 Å². The first-order valence-corrected chi connectivity index (χ1v) is 12.2. The lowest BCUT2D eigenvalue weighted by molar-refractivity contribution is -0.116. The summed E-state index contributed by atoms with van der Waals surface area (Å²) in [5, 5.41) is 3.77. The maximum absolute atomic E-state index is 12.9. The zero-order chi connectivity index (χ0) is 24.5. The smallest absolute Gasteiger partial charge is 0.341 e. The number of nitrogens with zero attached hydrogens (tertiary/aromatic N) is 1. The molecule has 2 amide bonds. The third-order valence-corrected chi connectivity index (χ3v) is 6.50. The molecule has 1 heterocycles. The van der Waals surface area contributed by atoms with E-state index in [1.54, 1.807) is 30.9 Å². The van der Waals surface area contributed by atoms with Gasteiger partial charge in [-0.15, -0.1) is 11.3 Å². The van der Waals surface area contributed by atoms with Gasteiger partial charge in [-0.3, -0.25) is 9.59 Å². The summed E-state index contributed by atoms with van der Waals surface area (Å²) in [5.74, 6) is -0.264. The van der Waals surface area contributed by atoms with Gasteiger partial charge in [0.05, 0.1) is 23.7 Å². The summed E-state index contributed by atoms with van der Waals surface area (Å²) in [5.41, 5.74) is 1.68. The van der Waals surface area contributed by atoms with Crippen molar-refractivity contribution in [2.24, 2.45) is 0 Å². The largest absolute Gasteiger partial charge is 0.493 e. The van der Waals surface area contributed by atoms with Crippen LogP contribution in [0, 0.1) is 13.8 Å². The maximum Gasteiger partial charge on any atom is 0.341 e. The van der Waals surface area contributed by atoms with Gasteiger partial charge in [-0.1, -0.05) is 11.6 Å². The second-order valence-electron chi connectivity index (χ2n) is 7.37. The van der Waals surface area contributed by atoms with E-state index in [-0.39, 0.29) is 30.4 Å². The molecule has 0 aliphatic carbocycles. The number of amides is 2. The predicted molar refractivity (Wildman–Crippen MR) is 132 cm³/mol. The molecule has 180 valence electrons. The zero-order valence-corrected chi connectivity index (χ0v) is 21.3. The van der Waals surface area contributed by atoms with Crippen LogP contribution in [0.25, 0.3) is 0 Å². The van der Waals surface area contributed by atoms with Crippen LogP contribution in [0.1, 0.15) is 64.8 Å². The summed E-state index contributed by atoms with van der Waals surface area (Å²) in [7, 11) is 0. The molecule has 0 aliphatic rings. The molecule has 0 bridgehead atoms. The van der Waals surface area contributed by atoms with E-state index in [0.717, 1.165) is 22.6 Å². The van der Waals surface area contributed by atoms with E-state index < -0.39 is 5.97 Å². The molecular formula is C24H31ClN2O5S. The SMILES string of the molecule is CCOC(=O)c1c(NC(=O)CCCOc2ccc(Cl)cc2C)sc(C(=O)N(CC)CC)c1C. The first kappa shape index (κ1) is 26.7. The van der Waals surface area contributed by atoms with Crippen molar-refractivity contribution in [1.29, 1.82) is 0 Å². The predicted octanol–water partition coefficient (Wildman–Crippen LogP) is 5.47. The quantitative estimate of drug-likeness (QED) is 0.330. The number of aryl methyl sites for hydroxylation is 1. The highest BCUT2D eigenvalue weighted by Gasteiger charge is 2.28. The number of benzene rings is 1. The molecule has 1 N–H and O–H groups in total. The number of carbonyl (C=O) groups is 3. The Morgan fingerprint density at radius 3 is 2.42 bits per heavy atom. The lowest BCUT2D eigenvalue weighted by atomic mass is 10.1. The van der Waals surface area contributed by atoms with E-state index in [9.17, 15) is 14.4 Å². The fraction of sp³-hybridized carbons (Fsp3) is 0.458. The Hall–Kier alpha value is -2.58. The van der Waals surface area contributed by atoms with Crippen LogP contribution in [-0.2, 0) is 9.53 Å². The van der Waals surface area contributed by atoms with Gasteiger partial charge in [-0.05, 0) is 70.4 Å². The Kier molecular flexibility index (Phi) is 10.2. The third-order valence-electron chi connectivity index (χ3n) is 5.07. The van der Waals surface area contributed by atoms with Crippen LogP contribution in [0.3, 0.4) is 0 Å². The van der Waals surface area contributed by atoms with Crippen molar-refractivity contribution in [2.45, 2.75) is 47.5 Å². The van der Waals surface area contributed by atoms with Gasteiger partial charge in [0.15, 0.2) is 0 Å². The molecule has 0 fully saturated rings. The highest BCUT2D eigenvalue weighted by molar-refractivity contribution is 7.18. The number of rotatable bonds is 11. The average molecular weight is 495 g/mol. The van der Waals surface area contributed by atoms with Gasteiger partial charge < -0.3 is 19.7 Å². The van der Waals surface area contributed by atoms with E-state index in [4.69, 9.17) is 21.1 Å². The molecule has 0 saturated heterocycles. The molecule has 33 heavy (non-hydrogen) atoms. The van der Waals surface area contributed by atoms with Crippen molar-refractivity contribution in [2.75, 3.05) is 31.6 Å². The zero-order valence-electron chi connectivity index (χ0n) is 19.7. The average Bonchev–Trinajstić information content (AvgIpc) is 3.09. The van der Waals surface area contributed by atoms with E-state index in [2.05, 4.69) is 5.32 Å². The first-order chi connectivity index (χ1) is 15.7. The van der Waals surface area contributed by atoms with E-state index >= 15 is 0 Å². The van der Waals surface area contributed by atoms with Crippen LogP contribution in [0.15, 0.2) is 18.2 Å². The van der Waals surface area contributed by atoms with E-state index in [1.165, 1.54) is 0 Å². The van der Waals surface area contributed by atoms with Crippen molar-refractivity contribution < 1.29 is 23.9 Å². The number of nitrogens with one attached hydrogen (secondary N) is 1. The number of hydrogen-bond donors (Lipinski definition) is 1. The van der Waals surface area contributed by atoms with Crippen LogP contribution in [0.2, 0.25) is 5.02 Å². The number of carbonyl (C=O) groups excluding carboxylic acids is 3. The number of esters is 1. The molecule has 0 unspecified atom stereocenters. The fourth-order valence-corrected chi connectivity index (χ4v) is 4.69. The summed E-state index contributed by atoms with van der Waals surface area (Å²) < 4.78 is 10.9. The van der Waals surface area contributed by atoms with Crippen LogP contribution < -0.4 is 10.1 Å². The van der Waals surface area contributed by atoms with E-state index in [1.807, 2.05) is 26.8 Å². The second-order valence-corrected chi connectivity index (χ2v) is 8.83. The van der Waals surface area contributed by atoms with Gasteiger partial charge in [-0.2, -0.15) is 0 Å². The Morgan fingerprint density at radius 1 is 1.12 bits per heavy atom. The summed E-state index contributed by atoms with van der Waals surface area (Å²) in [6.07, 6.45) is 0.684. The topological polar surface area (TPSA) is 84.9 Å². The highest BCUT2D eigenvalue weighted by atomic mass is 35.5. The lowest BCUT2D eigenvalue weighted by Crippen LogP contribution is -2.30. The van der Waals surface area contributed by atoms with Crippen LogP contribution in [0.5, 0.6) is 5.75 Å². The van der Waals surface area contributed by atoms with Crippen molar-refractivity contribution >= 4 is 45.7 Å². The minimum atomic E-state index is -0.554. The molecule has 2 aromatic rings. The van der Waals surface area contributed by atoms with Gasteiger partial charge in [0.25, 0.3) is 5.91 Å². The van der Waals surface area contributed by atoms with Gasteiger partial charge in [0, 0.05) is 24.5 Å². The van der Waals surface area contributed by atoms with Crippen LogP contribution in [-0.4, -0.2) is 49.0 Å². The lowest BCUT2D eigenvalue weighted by Gasteiger charge is -2.18. The summed E-state index contributed by atoms with van der Waals surface area (Å²) >= 11 is 7.06. The number of ether oxygens (including phenoxy) is 2. The second kappa shape index (κ2) is 12.6. The Morgan fingerprint density at radius 2 is 1.82 bits per heavy atom. The van der Waals surface area contributed by atoms with Gasteiger partial charge in [-0.25, -0.2) is 4.79 Å². The molecule has 7 nitrogen and oxygen atoms in total. The Bertz CT molecular complexity index is 1000. The number of halogens is 1.